The second-order valence-corrected chi connectivity index (χ2v) is 7.08. The molecule has 1 aliphatic rings. The fraction of sp³-hybridized carbons (Fsp3) is 0.474. The van der Waals surface area contributed by atoms with Crippen molar-refractivity contribution in [2.24, 2.45) is 0 Å². The molecular weight excluding hydrogens is 330 g/mol. The van der Waals surface area contributed by atoms with Crippen molar-refractivity contribution in [2.75, 3.05) is 7.11 Å². The van der Waals surface area contributed by atoms with Gasteiger partial charge in [0.2, 0.25) is 0 Å². The Morgan fingerprint density at radius 3 is 2.62 bits per heavy atom. The summed E-state index contributed by atoms with van der Waals surface area (Å²) < 4.78 is 12.7. The predicted molar refractivity (Wildman–Crippen MR) is 96.2 cm³/mol. The molecule has 4 rings (SSSR count). The minimum atomic E-state index is -0.184. The van der Waals surface area contributed by atoms with E-state index in [-0.39, 0.29) is 12.0 Å². The molecule has 26 heavy (non-hydrogen) atoms. The van der Waals surface area contributed by atoms with Crippen LogP contribution in [-0.4, -0.2) is 32.2 Å². The molecule has 3 aromatic rings. The summed E-state index contributed by atoms with van der Waals surface area (Å²) in [6.07, 6.45) is 5.33. The number of ether oxygens (including phenoxy) is 1. The van der Waals surface area contributed by atoms with Crippen LogP contribution in [0.4, 0.5) is 0 Å². The van der Waals surface area contributed by atoms with Gasteiger partial charge >= 0.3 is 0 Å². The Bertz CT molecular complexity index is 928. The highest BCUT2D eigenvalue weighted by molar-refractivity contribution is 5.69. The van der Waals surface area contributed by atoms with Crippen molar-refractivity contribution in [2.45, 2.75) is 52.0 Å². The zero-order chi connectivity index (χ0) is 18.3. The first-order valence-electron chi connectivity index (χ1n) is 9.02. The minimum Gasteiger partial charge on any atom is -0.496 e. The van der Waals surface area contributed by atoms with Crippen molar-refractivity contribution in [3.63, 3.8) is 0 Å². The maximum absolute atomic E-state index is 5.59. The van der Waals surface area contributed by atoms with E-state index in [9.17, 15) is 0 Å². The molecule has 0 N–H and O–H groups in total. The number of rotatable bonds is 5. The van der Waals surface area contributed by atoms with Crippen molar-refractivity contribution >= 4 is 0 Å². The van der Waals surface area contributed by atoms with E-state index in [4.69, 9.17) is 9.26 Å². The summed E-state index contributed by atoms with van der Waals surface area (Å²) in [5.74, 6) is 2.30. The van der Waals surface area contributed by atoms with Gasteiger partial charge in [-0.3, -0.25) is 0 Å². The molecule has 0 fully saturated rings. The number of aryl methyl sites for hydroxylation is 2. The summed E-state index contributed by atoms with van der Waals surface area (Å²) in [5.41, 5.74) is 4.51. The van der Waals surface area contributed by atoms with E-state index < -0.39 is 0 Å². The first kappa shape index (κ1) is 16.8. The van der Waals surface area contributed by atoms with Gasteiger partial charge in [0.05, 0.1) is 13.3 Å². The third kappa shape index (κ3) is 2.87. The Morgan fingerprint density at radius 2 is 1.92 bits per heavy atom. The second kappa shape index (κ2) is 6.55. The van der Waals surface area contributed by atoms with Gasteiger partial charge < -0.3 is 9.26 Å². The van der Waals surface area contributed by atoms with Crippen LogP contribution in [0, 0.1) is 0 Å². The van der Waals surface area contributed by atoms with Gasteiger partial charge in [-0.25, -0.2) is 4.68 Å². The number of aromatic nitrogens is 5. The second-order valence-electron chi connectivity index (χ2n) is 7.08. The van der Waals surface area contributed by atoms with Crippen molar-refractivity contribution in [3.05, 3.63) is 41.2 Å². The lowest BCUT2D eigenvalue weighted by atomic mass is 10.0. The lowest BCUT2D eigenvalue weighted by molar-refractivity contribution is 0.330. The molecule has 0 bridgehead atoms. The average molecular weight is 353 g/mol. The molecule has 1 aliphatic carbocycles. The molecule has 1 atom stereocenters. The maximum Gasteiger partial charge on any atom is 0.251 e. The Morgan fingerprint density at radius 1 is 1.15 bits per heavy atom. The smallest absolute Gasteiger partial charge is 0.251 e. The van der Waals surface area contributed by atoms with Gasteiger partial charge in [-0.2, -0.15) is 4.98 Å². The standard InChI is InChI=1S/C19H23N5O2/c1-11(2)18-20-19(26-22-18)12(3)24-10-16(21-23-24)15-8-13-6-5-7-14(13)9-17(15)25-4/h8-12H,5-7H2,1-4H3/t12-/m1/s1. The van der Waals surface area contributed by atoms with Crippen molar-refractivity contribution < 1.29 is 9.26 Å². The van der Waals surface area contributed by atoms with Crippen molar-refractivity contribution in [1.29, 1.82) is 0 Å². The van der Waals surface area contributed by atoms with E-state index in [1.54, 1.807) is 11.8 Å². The minimum absolute atomic E-state index is 0.184. The monoisotopic (exact) mass is 353 g/mol. The van der Waals surface area contributed by atoms with Gasteiger partial charge in [-0.1, -0.05) is 24.2 Å². The first-order chi connectivity index (χ1) is 12.6. The van der Waals surface area contributed by atoms with Crippen LogP contribution in [0.1, 0.15) is 62.0 Å². The molecule has 0 saturated carbocycles. The van der Waals surface area contributed by atoms with Crippen LogP contribution in [0.2, 0.25) is 0 Å². The third-order valence-corrected chi connectivity index (χ3v) is 4.93. The lowest BCUT2D eigenvalue weighted by Crippen LogP contribution is -2.08. The summed E-state index contributed by atoms with van der Waals surface area (Å²) in [7, 11) is 1.69. The predicted octanol–water partition coefficient (Wildman–Crippen LogP) is 3.56. The SMILES string of the molecule is COc1cc2c(cc1-c1cn([C@H](C)c3nc(C(C)C)no3)nn1)CCC2. The Kier molecular flexibility index (Phi) is 4.22. The normalized spacial score (nSPS) is 14.7. The van der Waals surface area contributed by atoms with Gasteiger partial charge in [0.25, 0.3) is 5.89 Å². The number of benzene rings is 1. The van der Waals surface area contributed by atoms with Crippen molar-refractivity contribution in [1.82, 2.24) is 25.1 Å². The van der Waals surface area contributed by atoms with Gasteiger partial charge in [0.15, 0.2) is 5.82 Å². The topological polar surface area (TPSA) is 78.9 Å². The molecule has 1 aromatic carbocycles. The molecule has 0 saturated heterocycles. The van der Waals surface area contributed by atoms with E-state index in [2.05, 4.69) is 32.6 Å². The van der Waals surface area contributed by atoms with E-state index in [1.165, 1.54) is 17.5 Å². The van der Waals surface area contributed by atoms with Crippen LogP contribution in [0.15, 0.2) is 22.9 Å². The number of hydrogen-bond donors (Lipinski definition) is 0. The molecule has 7 nitrogen and oxygen atoms in total. The number of nitrogens with zero attached hydrogens (tertiary/aromatic N) is 5. The van der Waals surface area contributed by atoms with Gasteiger partial charge in [0, 0.05) is 11.5 Å². The zero-order valence-electron chi connectivity index (χ0n) is 15.6. The Balaban J connectivity index is 1.65. The Labute approximate surface area is 152 Å². The van der Waals surface area contributed by atoms with Gasteiger partial charge in [-0.15, -0.1) is 5.10 Å². The lowest BCUT2D eigenvalue weighted by Gasteiger charge is -2.09. The molecule has 0 unspecified atom stereocenters. The van der Waals surface area contributed by atoms with Crippen LogP contribution in [-0.2, 0) is 12.8 Å². The van der Waals surface area contributed by atoms with E-state index in [1.807, 2.05) is 27.0 Å². The van der Waals surface area contributed by atoms with Crippen molar-refractivity contribution in [3.8, 4) is 17.0 Å². The molecule has 0 aliphatic heterocycles. The summed E-state index contributed by atoms with van der Waals surface area (Å²) in [6, 6.07) is 4.13. The maximum atomic E-state index is 5.59. The average Bonchev–Trinajstić information content (AvgIpc) is 3.39. The van der Waals surface area contributed by atoms with Crippen LogP contribution < -0.4 is 4.74 Å². The third-order valence-electron chi connectivity index (χ3n) is 4.93. The highest BCUT2D eigenvalue weighted by atomic mass is 16.5. The first-order valence-corrected chi connectivity index (χ1v) is 9.02. The van der Waals surface area contributed by atoms with Gasteiger partial charge in [-0.05, 0) is 49.4 Å². The summed E-state index contributed by atoms with van der Waals surface area (Å²) >= 11 is 0. The van der Waals surface area contributed by atoms with Gasteiger partial charge in [0.1, 0.15) is 17.5 Å². The summed E-state index contributed by atoms with van der Waals surface area (Å²) in [5, 5.41) is 12.7. The fourth-order valence-electron chi connectivity index (χ4n) is 3.32. The fourth-order valence-corrected chi connectivity index (χ4v) is 3.32. The number of hydrogen-bond acceptors (Lipinski definition) is 6. The highest BCUT2D eigenvalue weighted by Crippen LogP contribution is 2.35. The van der Waals surface area contributed by atoms with Crippen LogP contribution in [0.25, 0.3) is 11.3 Å². The zero-order valence-corrected chi connectivity index (χ0v) is 15.6. The largest absolute Gasteiger partial charge is 0.496 e. The molecule has 2 aromatic heterocycles. The molecule has 2 heterocycles. The molecule has 136 valence electrons. The summed E-state index contributed by atoms with van der Waals surface area (Å²) in [6.45, 7) is 6.04. The quantitative estimate of drug-likeness (QED) is 0.698. The van der Waals surface area contributed by atoms with E-state index in [0.29, 0.717) is 11.7 Å². The molecular formula is C19H23N5O2. The molecule has 7 heteroatoms. The Hall–Kier alpha value is -2.70. The number of fused-ring (bicyclic) bond motifs is 1. The number of methoxy groups -OCH3 is 1. The molecule has 0 amide bonds. The summed E-state index contributed by atoms with van der Waals surface area (Å²) in [4.78, 5) is 4.46. The molecule has 0 radical (unpaired) electrons. The van der Waals surface area contributed by atoms with Crippen LogP contribution in [0.5, 0.6) is 5.75 Å². The van der Waals surface area contributed by atoms with Crippen LogP contribution in [0.3, 0.4) is 0 Å². The van der Waals surface area contributed by atoms with E-state index in [0.717, 1.165) is 29.8 Å². The highest BCUT2D eigenvalue weighted by Gasteiger charge is 2.21. The molecule has 0 spiro atoms. The van der Waals surface area contributed by atoms with E-state index >= 15 is 0 Å². The van der Waals surface area contributed by atoms with Crippen LogP contribution >= 0.6 is 0 Å².